The van der Waals surface area contributed by atoms with Crippen molar-refractivity contribution in [1.29, 1.82) is 0 Å². The van der Waals surface area contributed by atoms with Crippen molar-refractivity contribution in [2.24, 2.45) is 5.92 Å². The van der Waals surface area contributed by atoms with E-state index in [0.717, 1.165) is 13.1 Å². The first-order valence-corrected chi connectivity index (χ1v) is 7.66. The third-order valence-electron chi connectivity index (χ3n) is 3.40. The van der Waals surface area contributed by atoms with Crippen LogP contribution in [0.5, 0.6) is 0 Å². The van der Waals surface area contributed by atoms with Crippen molar-refractivity contribution >= 4 is 17.3 Å². The van der Waals surface area contributed by atoms with Gasteiger partial charge in [-0.3, -0.25) is 4.79 Å². The lowest BCUT2D eigenvalue weighted by atomic mass is 10.2. The number of halogens is 1. The highest BCUT2D eigenvalue weighted by molar-refractivity contribution is 6.33. The fourth-order valence-corrected chi connectivity index (χ4v) is 2.63. The Morgan fingerprint density at radius 2 is 2.38 bits per heavy atom. The fraction of sp³-hybridized carbons (Fsp3) is 0.714. The van der Waals surface area contributed by atoms with Crippen molar-refractivity contribution in [3.8, 4) is 0 Å². The van der Waals surface area contributed by atoms with E-state index >= 15 is 0 Å². The summed E-state index contributed by atoms with van der Waals surface area (Å²) in [6.45, 7) is 7.71. The average molecular weight is 315 g/mol. The van der Waals surface area contributed by atoms with Gasteiger partial charge >= 0.3 is 0 Å². The highest BCUT2D eigenvalue weighted by Gasteiger charge is 2.19. The van der Waals surface area contributed by atoms with Crippen molar-refractivity contribution < 1.29 is 4.74 Å². The first-order valence-electron chi connectivity index (χ1n) is 7.28. The number of nitrogens with zero attached hydrogens (tertiary/aromatic N) is 3. The summed E-state index contributed by atoms with van der Waals surface area (Å²) in [5.41, 5.74) is 0.410. The van der Waals surface area contributed by atoms with Gasteiger partial charge in [-0.25, -0.2) is 4.68 Å². The van der Waals surface area contributed by atoms with Crippen molar-refractivity contribution in [2.45, 2.75) is 26.5 Å². The Kier molecular flexibility index (Phi) is 5.61. The van der Waals surface area contributed by atoms with Crippen LogP contribution in [0.1, 0.15) is 13.8 Å². The topological polar surface area (TPSA) is 59.4 Å². The summed E-state index contributed by atoms with van der Waals surface area (Å²) in [7, 11) is 1.90. The molecule has 1 atom stereocenters. The van der Waals surface area contributed by atoms with E-state index in [-0.39, 0.29) is 16.7 Å². The maximum atomic E-state index is 12.2. The molecule has 2 heterocycles. The molecule has 1 saturated heterocycles. The molecule has 7 heteroatoms. The minimum atomic E-state index is -0.239. The molecule has 21 heavy (non-hydrogen) atoms. The van der Waals surface area contributed by atoms with Gasteiger partial charge in [0.2, 0.25) is 0 Å². The molecule has 6 nitrogen and oxygen atoms in total. The molecule has 2 rings (SSSR count). The Morgan fingerprint density at radius 3 is 3.00 bits per heavy atom. The van der Waals surface area contributed by atoms with Gasteiger partial charge in [-0.2, -0.15) is 5.10 Å². The second kappa shape index (κ2) is 7.24. The van der Waals surface area contributed by atoms with Crippen LogP contribution in [-0.2, 0) is 11.3 Å². The van der Waals surface area contributed by atoms with Crippen LogP contribution in [0, 0.1) is 5.92 Å². The predicted octanol–water partition coefficient (Wildman–Crippen LogP) is 0.977. The summed E-state index contributed by atoms with van der Waals surface area (Å²) >= 11 is 6.22. The summed E-state index contributed by atoms with van der Waals surface area (Å²) in [6.07, 6.45) is 1.75. The molecule has 0 amide bonds. The van der Waals surface area contributed by atoms with E-state index in [1.807, 2.05) is 25.8 Å². The number of hydrogen-bond donors (Lipinski definition) is 1. The van der Waals surface area contributed by atoms with E-state index in [1.165, 1.54) is 4.68 Å². The maximum absolute atomic E-state index is 12.2. The van der Waals surface area contributed by atoms with E-state index < -0.39 is 0 Å². The smallest absolute Gasteiger partial charge is 0.287 e. The van der Waals surface area contributed by atoms with Crippen LogP contribution in [0.25, 0.3) is 0 Å². The number of likely N-dealkylation sites (N-methyl/N-ethyl adjacent to an activating group) is 1. The van der Waals surface area contributed by atoms with E-state index in [0.29, 0.717) is 31.3 Å². The molecule has 0 aliphatic carbocycles. The molecule has 1 N–H and O–H groups in total. The highest BCUT2D eigenvalue weighted by Crippen LogP contribution is 2.20. The molecule has 0 aromatic carbocycles. The van der Waals surface area contributed by atoms with Crippen LogP contribution >= 0.6 is 11.6 Å². The van der Waals surface area contributed by atoms with E-state index in [9.17, 15) is 4.79 Å². The molecule has 1 unspecified atom stereocenters. The third-order valence-corrected chi connectivity index (χ3v) is 3.75. The number of anilines is 1. The van der Waals surface area contributed by atoms with Crippen molar-refractivity contribution in [2.75, 3.05) is 38.2 Å². The standard InChI is InChI=1S/C14H23ClN4O2/c1-10(2)8-19-14(20)13(15)12(7-17-19)18(3)9-11-6-16-4-5-21-11/h7,10-11,16H,4-6,8-9H2,1-3H3. The molecule has 1 aliphatic rings. The Bertz CT molecular complexity index is 526. The lowest BCUT2D eigenvalue weighted by Gasteiger charge is -2.29. The second-order valence-corrected chi connectivity index (χ2v) is 6.18. The molecule has 1 aromatic rings. The number of ether oxygens (including phenoxy) is 1. The van der Waals surface area contributed by atoms with Crippen molar-refractivity contribution in [3.05, 3.63) is 21.6 Å². The van der Waals surface area contributed by atoms with E-state index in [2.05, 4.69) is 10.4 Å². The summed E-state index contributed by atoms with van der Waals surface area (Å²) in [4.78, 5) is 14.1. The number of aromatic nitrogens is 2. The third kappa shape index (κ3) is 4.18. The molecule has 118 valence electrons. The Balaban J connectivity index is 2.12. The fourth-order valence-electron chi connectivity index (χ4n) is 2.34. The Hall–Kier alpha value is -1.11. The molecule has 0 radical (unpaired) electrons. The molecule has 1 aromatic heterocycles. The summed E-state index contributed by atoms with van der Waals surface area (Å²) in [5, 5.41) is 7.72. The first kappa shape index (κ1) is 16.3. The second-order valence-electron chi connectivity index (χ2n) is 5.80. The van der Waals surface area contributed by atoms with Crippen LogP contribution in [0.3, 0.4) is 0 Å². The minimum Gasteiger partial charge on any atom is -0.374 e. The zero-order valence-corrected chi connectivity index (χ0v) is 13.6. The van der Waals surface area contributed by atoms with Crippen molar-refractivity contribution in [1.82, 2.24) is 15.1 Å². The molecule has 1 fully saturated rings. The van der Waals surface area contributed by atoms with E-state index in [1.54, 1.807) is 6.20 Å². The monoisotopic (exact) mass is 314 g/mol. The van der Waals surface area contributed by atoms with Gasteiger partial charge in [-0.05, 0) is 5.92 Å². The Labute approximate surface area is 130 Å². The lowest BCUT2D eigenvalue weighted by molar-refractivity contribution is 0.0340. The van der Waals surface area contributed by atoms with Crippen LogP contribution in [-0.4, -0.2) is 49.2 Å². The van der Waals surface area contributed by atoms with Gasteiger partial charge in [0, 0.05) is 33.2 Å². The lowest BCUT2D eigenvalue weighted by Crippen LogP contribution is -2.44. The summed E-state index contributed by atoms with van der Waals surface area (Å²) in [6, 6.07) is 0. The van der Waals surface area contributed by atoms with Gasteiger partial charge in [0.15, 0.2) is 0 Å². The molecule has 0 saturated carbocycles. The quantitative estimate of drug-likeness (QED) is 0.878. The molecule has 1 aliphatic heterocycles. The number of hydrogen-bond acceptors (Lipinski definition) is 5. The van der Waals surface area contributed by atoms with Crippen LogP contribution in [0.4, 0.5) is 5.69 Å². The zero-order valence-electron chi connectivity index (χ0n) is 12.8. The van der Waals surface area contributed by atoms with Crippen LogP contribution in [0.2, 0.25) is 5.02 Å². The largest absolute Gasteiger partial charge is 0.374 e. The molecular weight excluding hydrogens is 292 g/mol. The number of morpholine rings is 1. The van der Waals surface area contributed by atoms with Gasteiger partial charge in [0.05, 0.1) is 24.6 Å². The predicted molar refractivity (Wildman–Crippen MR) is 84.2 cm³/mol. The van der Waals surface area contributed by atoms with E-state index in [4.69, 9.17) is 16.3 Å². The molecular formula is C14H23ClN4O2. The normalized spacial score (nSPS) is 19.0. The minimum absolute atomic E-state index is 0.0953. The van der Waals surface area contributed by atoms with Gasteiger partial charge in [-0.15, -0.1) is 0 Å². The zero-order chi connectivity index (χ0) is 15.4. The van der Waals surface area contributed by atoms with Gasteiger partial charge in [0.25, 0.3) is 5.56 Å². The van der Waals surface area contributed by atoms with Crippen LogP contribution in [0.15, 0.2) is 11.0 Å². The van der Waals surface area contributed by atoms with Crippen molar-refractivity contribution in [3.63, 3.8) is 0 Å². The number of rotatable bonds is 5. The van der Waals surface area contributed by atoms with Gasteiger partial charge in [-0.1, -0.05) is 25.4 Å². The van der Waals surface area contributed by atoms with Gasteiger partial charge in [0.1, 0.15) is 5.02 Å². The highest BCUT2D eigenvalue weighted by atomic mass is 35.5. The summed E-state index contributed by atoms with van der Waals surface area (Å²) < 4.78 is 7.09. The average Bonchev–Trinajstić information content (AvgIpc) is 2.44. The van der Waals surface area contributed by atoms with Crippen LogP contribution < -0.4 is 15.8 Å². The molecule has 0 bridgehead atoms. The number of nitrogens with one attached hydrogen (secondary N) is 1. The molecule has 0 spiro atoms. The first-order chi connectivity index (χ1) is 9.99. The van der Waals surface area contributed by atoms with Gasteiger partial charge < -0.3 is 15.0 Å². The SMILES string of the molecule is CC(C)Cn1ncc(N(C)CC2CNCCO2)c(Cl)c1=O. The maximum Gasteiger partial charge on any atom is 0.287 e. The summed E-state index contributed by atoms with van der Waals surface area (Å²) in [5.74, 6) is 0.344. The Morgan fingerprint density at radius 1 is 1.62 bits per heavy atom.